The van der Waals surface area contributed by atoms with Gasteiger partial charge >= 0.3 is 0 Å². The summed E-state index contributed by atoms with van der Waals surface area (Å²) in [5.41, 5.74) is 0.381. The summed E-state index contributed by atoms with van der Waals surface area (Å²) >= 11 is 1.18. The topological polar surface area (TPSA) is 63.4 Å². The van der Waals surface area contributed by atoms with E-state index in [0.29, 0.717) is 15.5 Å². The molecule has 0 spiro atoms. The predicted octanol–water partition coefficient (Wildman–Crippen LogP) is 1.69. The van der Waals surface area contributed by atoms with Crippen molar-refractivity contribution in [2.24, 2.45) is 0 Å². The summed E-state index contributed by atoms with van der Waals surface area (Å²) in [4.78, 5) is 13.8. The van der Waals surface area contributed by atoms with Crippen LogP contribution < -0.4 is 0 Å². The lowest BCUT2D eigenvalue weighted by molar-refractivity contribution is 0.0813. The molecule has 0 bridgehead atoms. The van der Waals surface area contributed by atoms with Crippen LogP contribution in [0, 0.1) is 5.82 Å². The number of carbonyl (C=O) groups excluding carboxylic acids is 1. The second-order valence-corrected chi connectivity index (χ2v) is 5.26. The van der Waals surface area contributed by atoms with Gasteiger partial charge in [-0.1, -0.05) is 23.5 Å². The molecule has 1 amide bonds. The van der Waals surface area contributed by atoms with Crippen LogP contribution in [-0.4, -0.2) is 44.7 Å². The molecule has 0 atom stereocenters. The van der Waals surface area contributed by atoms with Crippen LogP contribution in [0.25, 0.3) is 15.5 Å². The quantitative estimate of drug-likeness (QED) is 0.721. The van der Waals surface area contributed by atoms with Crippen LogP contribution in [0.4, 0.5) is 4.39 Å². The molecule has 0 aliphatic heterocycles. The predicted molar refractivity (Wildman–Crippen MR) is 72.1 cm³/mol. The Bertz CT molecular complexity index is 794. The van der Waals surface area contributed by atoms with Crippen molar-refractivity contribution < 1.29 is 9.18 Å². The number of nitrogens with zero attached hydrogens (tertiary/aromatic N) is 5. The summed E-state index contributed by atoms with van der Waals surface area (Å²) in [6, 6.07) is 6.34. The summed E-state index contributed by atoms with van der Waals surface area (Å²) in [7, 11) is 3.24. The van der Waals surface area contributed by atoms with Crippen molar-refractivity contribution in [1.29, 1.82) is 0 Å². The highest BCUT2D eigenvalue weighted by Crippen LogP contribution is 2.27. The maximum atomic E-state index is 13.7. The first-order valence-corrected chi connectivity index (χ1v) is 6.58. The Kier molecular flexibility index (Phi) is 2.94. The lowest BCUT2D eigenvalue weighted by Gasteiger charge is -2.06. The van der Waals surface area contributed by atoms with Gasteiger partial charge in [-0.2, -0.15) is 9.61 Å². The van der Waals surface area contributed by atoms with Gasteiger partial charge < -0.3 is 4.90 Å². The molecule has 0 radical (unpaired) electrons. The van der Waals surface area contributed by atoms with Gasteiger partial charge in [0.15, 0.2) is 5.01 Å². The molecule has 2 aromatic heterocycles. The summed E-state index contributed by atoms with van der Waals surface area (Å²) in [6.45, 7) is 0. The van der Waals surface area contributed by atoms with Gasteiger partial charge in [0, 0.05) is 19.7 Å². The second-order valence-electron chi connectivity index (χ2n) is 4.30. The van der Waals surface area contributed by atoms with Gasteiger partial charge in [-0.05, 0) is 12.1 Å². The minimum atomic E-state index is -0.363. The Hall–Kier alpha value is -2.35. The van der Waals surface area contributed by atoms with Crippen molar-refractivity contribution in [3.8, 4) is 10.6 Å². The Balaban J connectivity index is 2.13. The van der Waals surface area contributed by atoms with E-state index in [1.165, 1.54) is 26.8 Å². The van der Waals surface area contributed by atoms with Gasteiger partial charge in [0.25, 0.3) is 5.91 Å². The largest absolute Gasteiger partial charge is 0.342 e. The standard InChI is InChI=1S/C12H10FN5OS/c1-17(2)11(19)9-14-15-12-18(9)16-10(20-12)7-5-3-4-6-8(7)13/h3-6H,1-2H3. The van der Waals surface area contributed by atoms with E-state index in [9.17, 15) is 9.18 Å². The number of hydrogen-bond acceptors (Lipinski definition) is 5. The molecule has 1 aromatic carbocycles. The summed E-state index contributed by atoms with van der Waals surface area (Å²) in [6.07, 6.45) is 0. The van der Waals surface area contributed by atoms with Gasteiger partial charge in [-0.25, -0.2) is 4.39 Å². The van der Waals surface area contributed by atoms with Crippen molar-refractivity contribution >= 4 is 22.2 Å². The van der Waals surface area contributed by atoms with Crippen LogP contribution in [0.2, 0.25) is 0 Å². The highest BCUT2D eigenvalue weighted by atomic mass is 32.1. The van der Waals surface area contributed by atoms with Gasteiger partial charge in [-0.15, -0.1) is 10.2 Å². The maximum Gasteiger partial charge on any atom is 0.293 e. The summed E-state index contributed by atoms with van der Waals surface area (Å²) in [5, 5.41) is 12.4. The minimum Gasteiger partial charge on any atom is -0.342 e. The van der Waals surface area contributed by atoms with Crippen molar-refractivity contribution in [1.82, 2.24) is 24.7 Å². The lowest BCUT2D eigenvalue weighted by atomic mass is 10.2. The van der Waals surface area contributed by atoms with Crippen LogP contribution in [-0.2, 0) is 0 Å². The molecule has 0 saturated carbocycles. The van der Waals surface area contributed by atoms with E-state index in [1.807, 2.05) is 0 Å². The van der Waals surface area contributed by atoms with E-state index in [-0.39, 0.29) is 17.5 Å². The van der Waals surface area contributed by atoms with E-state index in [1.54, 1.807) is 32.3 Å². The minimum absolute atomic E-state index is 0.115. The van der Waals surface area contributed by atoms with Gasteiger partial charge in [-0.3, -0.25) is 4.79 Å². The number of aromatic nitrogens is 4. The van der Waals surface area contributed by atoms with E-state index >= 15 is 0 Å². The fourth-order valence-electron chi connectivity index (χ4n) is 1.69. The smallest absolute Gasteiger partial charge is 0.293 e. The molecule has 6 nitrogen and oxygen atoms in total. The van der Waals surface area contributed by atoms with Crippen molar-refractivity contribution in [3.05, 3.63) is 35.9 Å². The molecule has 3 aromatic rings. The molecular weight excluding hydrogens is 281 g/mol. The van der Waals surface area contributed by atoms with Crippen LogP contribution in [0.5, 0.6) is 0 Å². The maximum absolute atomic E-state index is 13.7. The molecule has 0 N–H and O–H groups in total. The van der Waals surface area contributed by atoms with Crippen molar-refractivity contribution in [2.45, 2.75) is 0 Å². The first kappa shape index (κ1) is 12.7. The van der Waals surface area contributed by atoms with E-state index in [4.69, 9.17) is 0 Å². The van der Waals surface area contributed by atoms with Gasteiger partial charge in [0.2, 0.25) is 10.8 Å². The van der Waals surface area contributed by atoms with Crippen LogP contribution in [0.15, 0.2) is 24.3 Å². The lowest BCUT2D eigenvalue weighted by Crippen LogP contribution is -2.24. The molecule has 8 heteroatoms. The third kappa shape index (κ3) is 1.94. The molecule has 0 aliphatic carbocycles. The zero-order valence-electron chi connectivity index (χ0n) is 10.7. The number of halogens is 1. The molecule has 20 heavy (non-hydrogen) atoms. The van der Waals surface area contributed by atoms with Crippen molar-refractivity contribution in [2.75, 3.05) is 14.1 Å². The second kappa shape index (κ2) is 4.64. The molecule has 2 heterocycles. The first-order valence-electron chi connectivity index (χ1n) is 5.76. The monoisotopic (exact) mass is 291 g/mol. The Morgan fingerprint density at radius 3 is 2.75 bits per heavy atom. The van der Waals surface area contributed by atoms with Crippen molar-refractivity contribution in [3.63, 3.8) is 0 Å². The summed E-state index contributed by atoms with van der Waals surface area (Å²) < 4.78 is 15.1. The highest BCUT2D eigenvalue weighted by molar-refractivity contribution is 7.19. The fraction of sp³-hybridized carbons (Fsp3) is 0.167. The van der Waals surface area contributed by atoms with Crippen LogP contribution in [0.3, 0.4) is 0 Å². The third-order valence-corrected chi connectivity index (χ3v) is 3.62. The number of carbonyl (C=O) groups is 1. The molecule has 3 rings (SSSR count). The third-order valence-electron chi connectivity index (χ3n) is 2.69. The number of rotatable bonds is 2. The molecule has 102 valence electrons. The first-order chi connectivity index (χ1) is 9.58. The molecule has 0 unspecified atom stereocenters. The fourth-order valence-corrected chi connectivity index (χ4v) is 2.56. The van der Waals surface area contributed by atoms with Gasteiger partial charge in [0.05, 0.1) is 0 Å². The average molecular weight is 291 g/mol. The summed E-state index contributed by atoms with van der Waals surface area (Å²) in [5.74, 6) is -0.551. The number of hydrogen-bond donors (Lipinski definition) is 0. The Labute approximate surface area is 117 Å². The molecule has 0 aliphatic rings. The molecule has 0 saturated heterocycles. The number of benzene rings is 1. The Morgan fingerprint density at radius 1 is 1.30 bits per heavy atom. The van der Waals surface area contributed by atoms with E-state index in [2.05, 4.69) is 15.3 Å². The zero-order valence-corrected chi connectivity index (χ0v) is 11.6. The van der Waals surface area contributed by atoms with Crippen LogP contribution in [0.1, 0.15) is 10.6 Å². The molecule has 0 fully saturated rings. The van der Waals surface area contributed by atoms with E-state index < -0.39 is 0 Å². The number of amides is 1. The van der Waals surface area contributed by atoms with E-state index in [0.717, 1.165) is 0 Å². The normalized spacial score (nSPS) is 10.9. The zero-order chi connectivity index (χ0) is 14.3. The number of fused-ring (bicyclic) bond motifs is 1. The SMILES string of the molecule is CN(C)C(=O)c1nnc2sc(-c3ccccc3F)nn12. The Morgan fingerprint density at radius 2 is 2.05 bits per heavy atom. The van der Waals surface area contributed by atoms with Gasteiger partial charge in [0.1, 0.15) is 5.82 Å². The van der Waals surface area contributed by atoms with Crippen LogP contribution >= 0.6 is 11.3 Å². The highest BCUT2D eigenvalue weighted by Gasteiger charge is 2.20. The molecular formula is C12H10FN5OS. The average Bonchev–Trinajstić information content (AvgIpc) is 2.98.